The van der Waals surface area contributed by atoms with E-state index in [0.717, 1.165) is 43.2 Å². The number of nitrogens with zero attached hydrogens (tertiary/aromatic N) is 1. The lowest BCUT2D eigenvalue weighted by Crippen LogP contribution is -2.53. The van der Waals surface area contributed by atoms with Gasteiger partial charge in [0.2, 0.25) is 17.6 Å². The van der Waals surface area contributed by atoms with Crippen molar-refractivity contribution in [1.82, 2.24) is 15.5 Å². The van der Waals surface area contributed by atoms with Crippen LogP contribution in [0, 0.1) is 5.92 Å². The van der Waals surface area contributed by atoms with Gasteiger partial charge in [0.1, 0.15) is 12.0 Å². The van der Waals surface area contributed by atoms with Gasteiger partial charge in [-0.3, -0.25) is 19.2 Å². The number of carbonyl (C=O) groups excluding carboxylic acids is 4. The van der Waals surface area contributed by atoms with Crippen LogP contribution in [-0.4, -0.2) is 40.5 Å². The Morgan fingerprint density at radius 2 is 1.27 bits per heavy atom. The average molecular weight is 448 g/mol. The molecule has 0 aromatic heterocycles. The molecule has 7 heteroatoms. The van der Waals surface area contributed by atoms with Gasteiger partial charge >= 0.3 is 0 Å². The second-order valence-electron chi connectivity index (χ2n) is 8.70. The van der Waals surface area contributed by atoms with Crippen LogP contribution >= 0.6 is 0 Å². The molecule has 0 spiro atoms. The smallest absolute Gasteiger partial charge is 0.291 e. The van der Waals surface area contributed by atoms with Gasteiger partial charge in [-0.2, -0.15) is 0 Å². The van der Waals surface area contributed by atoms with Crippen molar-refractivity contribution in [2.75, 3.05) is 0 Å². The Morgan fingerprint density at radius 3 is 1.82 bits per heavy atom. The standard InChI is InChI=1S/C26H29N3O4/c30-23-21(24(31)27-16-18-10-4-1-5-11-18)22(25(32)28-17-19-12-6-2-7-13-19)29(26(23)33)20-14-8-3-9-15-20/h1-2,4-7,10-13,20-22H,3,8-9,14-17H2,(H,27,31)(H,28,32)/t21-,22-/m0/s1. The minimum absolute atomic E-state index is 0.199. The van der Waals surface area contributed by atoms with Crippen LogP contribution in [0.3, 0.4) is 0 Å². The first-order chi connectivity index (χ1) is 16.1. The van der Waals surface area contributed by atoms with E-state index in [1.54, 1.807) is 0 Å². The van der Waals surface area contributed by atoms with Crippen molar-refractivity contribution in [3.05, 3.63) is 71.8 Å². The summed E-state index contributed by atoms with van der Waals surface area (Å²) in [7, 11) is 0. The molecule has 1 saturated heterocycles. The molecule has 33 heavy (non-hydrogen) atoms. The number of ketones is 1. The average Bonchev–Trinajstić information content (AvgIpc) is 3.13. The Morgan fingerprint density at radius 1 is 0.758 bits per heavy atom. The number of hydrogen-bond acceptors (Lipinski definition) is 4. The van der Waals surface area contributed by atoms with E-state index >= 15 is 0 Å². The summed E-state index contributed by atoms with van der Waals surface area (Å²) in [6.45, 7) is 0.481. The van der Waals surface area contributed by atoms with Gasteiger partial charge in [0.15, 0.2) is 0 Å². The van der Waals surface area contributed by atoms with Gasteiger partial charge < -0.3 is 15.5 Å². The first-order valence-electron chi connectivity index (χ1n) is 11.6. The summed E-state index contributed by atoms with van der Waals surface area (Å²) < 4.78 is 0. The molecule has 2 N–H and O–H groups in total. The third kappa shape index (κ3) is 5.13. The maximum Gasteiger partial charge on any atom is 0.291 e. The van der Waals surface area contributed by atoms with Crippen molar-refractivity contribution in [3.8, 4) is 0 Å². The van der Waals surface area contributed by atoms with Crippen molar-refractivity contribution in [2.24, 2.45) is 5.92 Å². The number of rotatable bonds is 7. The molecule has 1 saturated carbocycles. The van der Waals surface area contributed by atoms with E-state index in [-0.39, 0.29) is 19.1 Å². The zero-order chi connectivity index (χ0) is 23.2. The molecule has 2 fully saturated rings. The van der Waals surface area contributed by atoms with Crippen LogP contribution in [0.1, 0.15) is 43.2 Å². The Balaban J connectivity index is 1.55. The molecule has 0 unspecified atom stereocenters. The second-order valence-corrected chi connectivity index (χ2v) is 8.70. The summed E-state index contributed by atoms with van der Waals surface area (Å²) in [6.07, 6.45) is 4.41. The van der Waals surface area contributed by atoms with Crippen LogP contribution in [-0.2, 0) is 32.3 Å². The summed E-state index contributed by atoms with van der Waals surface area (Å²) in [5, 5.41) is 5.60. The predicted molar refractivity (Wildman–Crippen MR) is 123 cm³/mol. The quantitative estimate of drug-likeness (QED) is 0.503. The highest BCUT2D eigenvalue weighted by Gasteiger charge is 2.56. The molecule has 1 aliphatic heterocycles. The molecular formula is C26H29N3O4. The highest BCUT2D eigenvalue weighted by molar-refractivity contribution is 6.44. The molecule has 2 aromatic rings. The number of hydrogen-bond donors (Lipinski definition) is 2. The number of benzene rings is 2. The van der Waals surface area contributed by atoms with E-state index in [2.05, 4.69) is 10.6 Å². The summed E-state index contributed by atoms with van der Waals surface area (Å²) in [5.41, 5.74) is 1.77. The lowest BCUT2D eigenvalue weighted by atomic mass is 9.92. The molecule has 2 aliphatic rings. The lowest BCUT2D eigenvalue weighted by molar-refractivity contribution is -0.144. The van der Waals surface area contributed by atoms with E-state index in [9.17, 15) is 19.2 Å². The molecule has 4 rings (SSSR count). The van der Waals surface area contributed by atoms with Crippen molar-refractivity contribution in [1.29, 1.82) is 0 Å². The molecule has 0 bridgehead atoms. The number of likely N-dealkylation sites (tertiary alicyclic amines) is 1. The largest absolute Gasteiger partial charge is 0.351 e. The van der Waals surface area contributed by atoms with Crippen molar-refractivity contribution >= 4 is 23.5 Å². The highest BCUT2D eigenvalue weighted by Crippen LogP contribution is 2.32. The van der Waals surface area contributed by atoms with Crippen LogP contribution in [0.4, 0.5) is 0 Å². The fourth-order valence-corrected chi connectivity index (χ4v) is 4.77. The Hall–Kier alpha value is -3.48. The summed E-state index contributed by atoms with van der Waals surface area (Å²) in [4.78, 5) is 53.8. The molecule has 2 atom stereocenters. The molecule has 1 heterocycles. The molecule has 3 amide bonds. The SMILES string of the molecule is O=C(NCc1ccccc1)[C@@H]1C(=O)C(=O)N(C2CCCCC2)[C@@H]1C(=O)NCc1ccccc1. The van der Waals surface area contributed by atoms with Crippen LogP contribution in [0.25, 0.3) is 0 Å². The molecular weight excluding hydrogens is 418 g/mol. The predicted octanol–water partition coefficient (Wildman–Crippen LogP) is 2.35. The third-order valence-electron chi connectivity index (χ3n) is 6.48. The van der Waals surface area contributed by atoms with E-state index in [1.165, 1.54) is 4.90 Å². The molecule has 1 aliphatic carbocycles. The van der Waals surface area contributed by atoms with Crippen molar-refractivity contribution in [2.45, 2.75) is 57.3 Å². The Labute approximate surface area is 193 Å². The van der Waals surface area contributed by atoms with Gasteiger partial charge in [-0.15, -0.1) is 0 Å². The summed E-state index contributed by atoms with van der Waals surface area (Å²) in [5.74, 6) is -3.93. The van der Waals surface area contributed by atoms with Gasteiger partial charge in [0.05, 0.1) is 0 Å². The van der Waals surface area contributed by atoms with E-state index in [4.69, 9.17) is 0 Å². The van der Waals surface area contributed by atoms with Crippen molar-refractivity contribution in [3.63, 3.8) is 0 Å². The van der Waals surface area contributed by atoms with Gasteiger partial charge in [0.25, 0.3) is 5.91 Å². The van der Waals surface area contributed by atoms with Crippen LogP contribution in [0.5, 0.6) is 0 Å². The van der Waals surface area contributed by atoms with Crippen molar-refractivity contribution < 1.29 is 19.2 Å². The van der Waals surface area contributed by atoms with Crippen LogP contribution in [0.2, 0.25) is 0 Å². The monoisotopic (exact) mass is 447 g/mol. The van der Waals surface area contributed by atoms with Crippen LogP contribution in [0.15, 0.2) is 60.7 Å². The van der Waals surface area contributed by atoms with Gasteiger partial charge in [-0.25, -0.2) is 0 Å². The maximum absolute atomic E-state index is 13.3. The maximum atomic E-state index is 13.3. The second kappa shape index (κ2) is 10.4. The minimum atomic E-state index is -1.35. The normalized spacial score (nSPS) is 21.2. The molecule has 2 aromatic carbocycles. The summed E-state index contributed by atoms with van der Waals surface area (Å²) in [6, 6.07) is 17.4. The van der Waals surface area contributed by atoms with E-state index < -0.39 is 35.5 Å². The zero-order valence-corrected chi connectivity index (χ0v) is 18.5. The lowest BCUT2D eigenvalue weighted by Gasteiger charge is -2.35. The van der Waals surface area contributed by atoms with E-state index in [0.29, 0.717) is 0 Å². The molecule has 0 radical (unpaired) electrons. The highest BCUT2D eigenvalue weighted by atomic mass is 16.2. The summed E-state index contributed by atoms with van der Waals surface area (Å²) >= 11 is 0. The molecule has 7 nitrogen and oxygen atoms in total. The number of carbonyl (C=O) groups is 4. The first kappa shape index (κ1) is 22.7. The first-order valence-corrected chi connectivity index (χ1v) is 11.6. The number of amides is 3. The number of nitrogens with one attached hydrogen (secondary N) is 2. The zero-order valence-electron chi connectivity index (χ0n) is 18.5. The fraction of sp³-hybridized carbons (Fsp3) is 0.385. The Bertz CT molecular complexity index is 1000. The van der Waals surface area contributed by atoms with Gasteiger partial charge in [0, 0.05) is 19.1 Å². The van der Waals surface area contributed by atoms with Gasteiger partial charge in [-0.1, -0.05) is 79.9 Å². The van der Waals surface area contributed by atoms with Gasteiger partial charge in [-0.05, 0) is 24.0 Å². The Kier molecular flexibility index (Phi) is 7.17. The minimum Gasteiger partial charge on any atom is -0.351 e. The third-order valence-corrected chi connectivity index (χ3v) is 6.48. The topological polar surface area (TPSA) is 95.6 Å². The fourth-order valence-electron chi connectivity index (χ4n) is 4.77. The van der Waals surface area contributed by atoms with Crippen LogP contribution < -0.4 is 10.6 Å². The van der Waals surface area contributed by atoms with E-state index in [1.807, 2.05) is 60.7 Å². The number of Topliss-reactive ketones (excluding diaryl/α,β-unsaturated/α-hetero) is 1. The molecule has 172 valence electrons.